The summed E-state index contributed by atoms with van der Waals surface area (Å²) in [6.45, 7) is 0. The molecule has 0 bridgehead atoms. The number of aromatic nitrogens is 1. The third kappa shape index (κ3) is 4.20. The molecular weight excluding hydrogens is 299 g/mol. The number of amides is 1. The maximum absolute atomic E-state index is 11.8. The molecule has 1 aromatic carbocycles. The predicted octanol–water partition coefficient (Wildman–Crippen LogP) is 3.45. The highest BCUT2D eigenvalue weighted by Gasteiger charge is 2.13. The van der Waals surface area contributed by atoms with Gasteiger partial charge >= 0.3 is 0 Å². The van der Waals surface area contributed by atoms with Crippen LogP contribution in [0.2, 0.25) is 10.2 Å². The predicted molar refractivity (Wildman–Crippen MR) is 78.9 cm³/mol. The number of nitrogens with zero attached hydrogens (tertiary/aromatic N) is 1. The van der Waals surface area contributed by atoms with Crippen LogP contribution < -0.4 is 5.32 Å². The lowest BCUT2D eigenvalue weighted by Gasteiger charge is -2.11. The SMILES string of the molecule is O=C(CC(O)c1ccc(Cl)cc1)Nc1ccc(Cl)nc1. The number of halogens is 2. The van der Waals surface area contributed by atoms with E-state index in [0.717, 1.165) is 0 Å². The lowest BCUT2D eigenvalue weighted by atomic mass is 10.1. The minimum Gasteiger partial charge on any atom is -0.388 e. The summed E-state index contributed by atoms with van der Waals surface area (Å²) in [5, 5.41) is 13.5. The topological polar surface area (TPSA) is 62.2 Å². The molecule has 2 N–H and O–H groups in total. The molecule has 1 unspecified atom stereocenters. The zero-order chi connectivity index (χ0) is 14.5. The number of aliphatic hydroxyl groups is 1. The summed E-state index contributed by atoms with van der Waals surface area (Å²) in [6, 6.07) is 9.92. The summed E-state index contributed by atoms with van der Waals surface area (Å²) >= 11 is 11.4. The highest BCUT2D eigenvalue weighted by atomic mass is 35.5. The third-order valence-electron chi connectivity index (χ3n) is 2.64. The molecule has 0 saturated carbocycles. The Morgan fingerprint density at radius 3 is 2.50 bits per heavy atom. The van der Waals surface area contributed by atoms with Gasteiger partial charge in [-0.1, -0.05) is 35.3 Å². The van der Waals surface area contributed by atoms with Gasteiger partial charge in [0.05, 0.1) is 24.4 Å². The first-order valence-corrected chi connectivity index (χ1v) is 6.65. The molecule has 1 aromatic heterocycles. The van der Waals surface area contributed by atoms with Crippen molar-refractivity contribution < 1.29 is 9.90 Å². The molecule has 0 aliphatic carbocycles. The van der Waals surface area contributed by atoms with Gasteiger partial charge in [0.2, 0.25) is 5.91 Å². The highest BCUT2D eigenvalue weighted by molar-refractivity contribution is 6.30. The van der Waals surface area contributed by atoms with E-state index in [1.807, 2.05) is 0 Å². The molecule has 20 heavy (non-hydrogen) atoms. The summed E-state index contributed by atoms with van der Waals surface area (Å²) in [5.41, 5.74) is 1.17. The van der Waals surface area contributed by atoms with Gasteiger partial charge in [0.15, 0.2) is 0 Å². The van der Waals surface area contributed by atoms with Gasteiger partial charge in [0, 0.05) is 5.02 Å². The average Bonchev–Trinajstić information content (AvgIpc) is 2.42. The monoisotopic (exact) mass is 310 g/mol. The first-order chi connectivity index (χ1) is 9.54. The molecule has 2 rings (SSSR count). The number of carbonyl (C=O) groups is 1. The van der Waals surface area contributed by atoms with Crippen LogP contribution in [0, 0.1) is 0 Å². The van der Waals surface area contributed by atoms with Crippen LogP contribution in [-0.2, 0) is 4.79 Å². The minimum atomic E-state index is -0.882. The van der Waals surface area contributed by atoms with Crippen molar-refractivity contribution in [3.05, 3.63) is 58.3 Å². The fourth-order valence-corrected chi connectivity index (χ4v) is 1.88. The van der Waals surface area contributed by atoms with Crippen molar-refractivity contribution in [2.45, 2.75) is 12.5 Å². The summed E-state index contributed by atoms with van der Waals surface area (Å²) in [6.07, 6.45) is 0.520. The molecule has 0 spiro atoms. The lowest BCUT2D eigenvalue weighted by Crippen LogP contribution is -2.15. The Labute approximate surface area is 126 Å². The van der Waals surface area contributed by atoms with Crippen molar-refractivity contribution in [1.29, 1.82) is 0 Å². The number of nitrogens with one attached hydrogen (secondary N) is 1. The number of pyridine rings is 1. The van der Waals surface area contributed by atoms with E-state index in [1.54, 1.807) is 36.4 Å². The summed E-state index contributed by atoms with van der Waals surface area (Å²) < 4.78 is 0. The summed E-state index contributed by atoms with van der Waals surface area (Å²) in [5.74, 6) is -0.309. The number of rotatable bonds is 4. The Kier molecular flexibility index (Phi) is 4.95. The van der Waals surface area contributed by atoms with E-state index in [1.165, 1.54) is 6.20 Å². The van der Waals surface area contributed by atoms with Crippen LogP contribution in [-0.4, -0.2) is 16.0 Å². The van der Waals surface area contributed by atoms with Gasteiger partial charge in [-0.2, -0.15) is 0 Å². The van der Waals surface area contributed by atoms with Gasteiger partial charge in [-0.3, -0.25) is 4.79 Å². The van der Waals surface area contributed by atoms with Crippen LogP contribution in [0.1, 0.15) is 18.1 Å². The fraction of sp³-hybridized carbons (Fsp3) is 0.143. The quantitative estimate of drug-likeness (QED) is 0.850. The zero-order valence-electron chi connectivity index (χ0n) is 10.4. The van der Waals surface area contributed by atoms with Crippen molar-refractivity contribution in [3.8, 4) is 0 Å². The van der Waals surface area contributed by atoms with E-state index >= 15 is 0 Å². The molecule has 2 aromatic rings. The van der Waals surface area contributed by atoms with Crippen LogP contribution in [0.5, 0.6) is 0 Å². The van der Waals surface area contributed by atoms with Crippen molar-refractivity contribution in [2.24, 2.45) is 0 Å². The second-order valence-electron chi connectivity index (χ2n) is 4.19. The zero-order valence-corrected chi connectivity index (χ0v) is 11.9. The molecule has 0 radical (unpaired) electrons. The molecule has 104 valence electrons. The molecule has 0 fully saturated rings. The van der Waals surface area contributed by atoms with Crippen LogP contribution in [0.3, 0.4) is 0 Å². The Balaban J connectivity index is 1.93. The number of aliphatic hydroxyl groups excluding tert-OH is 1. The first kappa shape index (κ1) is 14.8. The van der Waals surface area contributed by atoms with Crippen LogP contribution in [0.15, 0.2) is 42.6 Å². The highest BCUT2D eigenvalue weighted by Crippen LogP contribution is 2.20. The minimum absolute atomic E-state index is 0.0513. The van der Waals surface area contributed by atoms with E-state index in [4.69, 9.17) is 23.2 Å². The number of hydrogen-bond acceptors (Lipinski definition) is 3. The Morgan fingerprint density at radius 2 is 1.90 bits per heavy atom. The van der Waals surface area contributed by atoms with Gasteiger partial charge in [-0.05, 0) is 29.8 Å². The number of carbonyl (C=O) groups excluding carboxylic acids is 1. The summed E-state index contributed by atoms with van der Waals surface area (Å²) in [7, 11) is 0. The Morgan fingerprint density at radius 1 is 1.20 bits per heavy atom. The van der Waals surface area contributed by atoms with Crippen molar-refractivity contribution in [2.75, 3.05) is 5.32 Å². The van der Waals surface area contributed by atoms with Crippen LogP contribution >= 0.6 is 23.2 Å². The maximum atomic E-state index is 11.8. The fourth-order valence-electron chi connectivity index (χ4n) is 1.64. The second kappa shape index (κ2) is 6.70. The van der Waals surface area contributed by atoms with Crippen molar-refractivity contribution >= 4 is 34.8 Å². The smallest absolute Gasteiger partial charge is 0.227 e. The number of benzene rings is 1. The molecule has 4 nitrogen and oxygen atoms in total. The standard InChI is InChI=1S/C14H12Cl2N2O2/c15-10-3-1-9(2-4-10)12(19)7-14(20)18-11-5-6-13(16)17-8-11/h1-6,8,12,19H,7H2,(H,18,20). The molecule has 0 aliphatic heterocycles. The van der Waals surface area contributed by atoms with E-state index in [0.29, 0.717) is 21.4 Å². The van der Waals surface area contributed by atoms with Gasteiger partial charge in [-0.15, -0.1) is 0 Å². The average molecular weight is 311 g/mol. The van der Waals surface area contributed by atoms with Crippen LogP contribution in [0.4, 0.5) is 5.69 Å². The van der Waals surface area contributed by atoms with Gasteiger partial charge < -0.3 is 10.4 Å². The van der Waals surface area contributed by atoms with E-state index in [9.17, 15) is 9.90 Å². The Bertz CT molecular complexity index is 585. The van der Waals surface area contributed by atoms with Gasteiger partial charge in [-0.25, -0.2) is 4.98 Å². The van der Waals surface area contributed by atoms with Crippen LogP contribution in [0.25, 0.3) is 0 Å². The number of anilines is 1. The van der Waals surface area contributed by atoms with Crippen molar-refractivity contribution in [3.63, 3.8) is 0 Å². The first-order valence-electron chi connectivity index (χ1n) is 5.89. The molecule has 1 amide bonds. The van der Waals surface area contributed by atoms with E-state index in [-0.39, 0.29) is 12.3 Å². The second-order valence-corrected chi connectivity index (χ2v) is 5.01. The lowest BCUT2D eigenvalue weighted by molar-refractivity contribution is -0.118. The van der Waals surface area contributed by atoms with Gasteiger partial charge in [0.25, 0.3) is 0 Å². The third-order valence-corrected chi connectivity index (χ3v) is 3.12. The molecule has 0 saturated heterocycles. The maximum Gasteiger partial charge on any atom is 0.227 e. The normalized spacial score (nSPS) is 11.9. The molecular formula is C14H12Cl2N2O2. The van der Waals surface area contributed by atoms with E-state index < -0.39 is 6.10 Å². The largest absolute Gasteiger partial charge is 0.388 e. The van der Waals surface area contributed by atoms with Gasteiger partial charge in [0.1, 0.15) is 5.15 Å². The summed E-state index contributed by atoms with van der Waals surface area (Å²) in [4.78, 5) is 15.6. The van der Waals surface area contributed by atoms with E-state index in [2.05, 4.69) is 10.3 Å². The molecule has 0 aliphatic rings. The number of hydrogen-bond donors (Lipinski definition) is 2. The van der Waals surface area contributed by atoms with Crippen molar-refractivity contribution in [1.82, 2.24) is 4.98 Å². The molecule has 6 heteroatoms. The molecule has 1 atom stereocenters. The Hall–Kier alpha value is -1.62. The molecule has 1 heterocycles.